The van der Waals surface area contributed by atoms with Gasteiger partial charge in [0, 0.05) is 51.0 Å². The van der Waals surface area contributed by atoms with Crippen molar-refractivity contribution in [3.63, 3.8) is 0 Å². The SMILES string of the molecule is CCCCN(CCCCN(C)C)C(=O)CN1C[C@H](c2ccc3c(c2)OCO3)[C@@H](C(=O)O)[C@@H]1CCN1C(=O)CCC1=O. The first-order valence-electron chi connectivity index (χ1n) is 14.8. The van der Waals surface area contributed by atoms with Crippen LogP contribution in [0.2, 0.25) is 0 Å². The van der Waals surface area contributed by atoms with Gasteiger partial charge in [-0.25, -0.2) is 0 Å². The van der Waals surface area contributed by atoms with Gasteiger partial charge in [-0.2, -0.15) is 0 Å². The van der Waals surface area contributed by atoms with Crippen molar-refractivity contribution in [3.05, 3.63) is 23.8 Å². The summed E-state index contributed by atoms with van der Waals surface area (Å²) in [5, 5.41) is 10.4. The molecule has 0 bridgehead atoms. The fourth-order valence-corrected chi connectivity index (χ4v) is 6.18. The smallest absolute Gasteiger partial charge is 0.308 e. The van der Waals surface area contributed by atoms with Gasteiger partial charge in [-0.15, -0.1) is 0 Å². The third kappa shape index (κ3) is 7.56. The molecule has 3 atom stereocenters. The second-order valence-corrected chi connectivity index (χ2v) is 11.6. The third-order valence-electron chi connectivity index (χ3n) is 8.42. The fraction of sp³-hybridized carbons (Fsp3) is 0.667. The van der Waals surface area contributed by atoms with E-state index in [2.05, 4.69) is 11.8 Å². The van der Waals surface area contributed by atoms with Crippen molar-refractivity contribution in [1.29, 1.82) is 0 Å². The summed E-state index contributed by atoms with van der Waals surface area (Å²) in [7, 11) is 4.07. The quantitative estimate of drug-likeness (QED) is 0.250. The highest BCUT2D eigenvalue weighted by atomic mass is 16.7. The molecule has 2 fully saturated rings. The van der Waals surface area contributed by atoms with Gasteiger partial charge < -0.3 is 24.4 Å². The number of nitrogens with zero attached hydrogens (tertiary/aromatic N) is 4. The molecule has 0 radical (unpaired) electrons. The molecular weight excluding hydrogens is 528 g/mol. The maximum atomic E-state index is 13.7. The molecule has 1 aromatic rings. The number of carbonyl (C=O) groups is 4. The molecule has 3 heterocycles. The highest BCUT2D eigenvalue weighted by molar-refractivity contribution is 6.01. The lowest BCUT2D eigenvalue weighted by Crippen LogP contribution is -2.46. The van der Waals surface area contributed by atoms with Gasteiger partial charge >= 0.3 is 5.97 Å². The van der Waals surface area contributed by atoms with Crippen LogP contribution >= 0.6 is 0 Å². The molecule has 11 heteroatoms. The largest absolute Gasteiger partial charge is 0.481 e. The zero-order valence-corrected chi connectivity index (χ0v) is 24.5. The molecule has 0 spiro atoms. The van der Waals surface area contributed by atoms with E-state index in [0.717, 1.165) is 37.8 Å². The zero-order chi connectivity index (χ0) is 29.5. The van der Waals surface area contributed by atoms with Crippen LogP contribution in [0.1, 0.15) is 63.4 Å². The van der Waals surface area contributed by atoms with E-state index in [1.165, 1.54) is 4.90 Å². The molecule has 0 aliphatic carbocycles. The predicted molar refractivity (Wildman–Crippen MR) is 152 cm³/mol. The average Bonchev–Trinajstić information content (AvgIpc) is 3.63. The second kappa shape index (κ2) is 14.1. The van der Waals surface area contributed by atoms with E-state index in [9.17, 15) is 24.3 Å². The summed E-state index contributed by atoms with van der Waals surface area (Å²) in [5.41, 5.74) is 0.807. The molecule has 41 heavy (non-hydrogen) atoms. The third-order valence-corrected chi connectivity index (χ3v) is 8.42. The minimum Gasteiger partial charge on any atom is -0.481 e. The van der Waals surface area contributed by atoms with Gasteiger partial charge in [-0.05, 0) is 64.0 Å². The van der Waals surface area contributed by atoms with E-state index >= 15 is 0 Å². The van der Waals surface area contributed by atoms with Gasteiger partial charge in [0.25, 0.3) is 0 Å². The van der Waals surface area contributed by atoms with Crippen LogP contribution in [0, 0.1) is 5.92 Å². The van der Waals surface area contributed by atoms with E-state index in [1.807, 2.05) is 36.0 Å². The van der Waals surface area contributed by atoms with Crippen molar-refractivity contribution in [1.82, 2.24) is 19.6 Å². The number of amides is 3. The number of hydrogen-bond donors (Lipinski definition) is 1. The monoisotopic (exact) mass is 572 g/mol. The van der Waals surface area contributed by atoms with E-state index < -0.39 is 23.8 Å². The normalized spacial score (nSPS) is 22.2. The lowest BCUT2D eigenvalue weighted by molar-refractivity contribution is -0.144. The van der Waals surface area contributed by atoms with Crippen molar-refractivity contribution in [2.75, 3.05) is 60.2 Å². The Hall–Kier alpha value is -3.18. The van der Waals surface area contributed by atoms with Crippen LogP contribution in [0.15, 0.2) is 18.2 Å². The van der Waals surface area contributed by atoms with Crippen LogP contribution in [0.25, 0.3) is 0 Å². The van der Waals surface area contributed by atoms with Crippen molar-refractivity contribution in [3.8, 4) is 11.5 Å². The molecule has 0 unspecified atom stereocenters. The fourth-order valence-electron chi connectivity index (χ4n) is 6.18. The number of imide groups is 1. The lowest BCUT2D eigenvalue weighted by Gasteiger charge is -2.30. The number of benzene rings is 1. The topological polar surface area (TPSA) is 120 Å². The first-order valence-corrected chi connectivity index (χ1v) is 14.8. The maximum absolute atomic E-state index is 13.7. The summed E-state index contributed by atoms with van der Waals surface area (Å²) in [6, 6.07) is 4.97. The van der Waals surface area contributed by atoms with Crippen LogP contribution in [0.3, 0.4) is 0 Å². The van der Waals surface area contributed by atoms with Crippen LogP contribution in [0.4, 0.5) is 0 Å². The molecule has 3 aliphatic heterocycles. The van der Waals surface area contributed by atoms with E-state index in [1.54, 1.807) is 6.07 Å². The van der Waals surface area contributed by atoms with Crippen LogP contribution in [-0.2, 0) is 19.2 Å². The van der Waals surface area contributed by atoms with Gasteiger partial charge in [0.05, 0.1) is 12.5 Å². The molecule has 0 saturated carbocycles. The molecule has 1 aromatic carbocycles. The minimum atomic E-state index is -0.960. The van der Waals surface area contributed by atoms with Crippen molar-refractivity contribution in [2.24, 2.45) is 5.92 Å². The van der Waals surface area contributed by atoms with Crippen molar-refractivity contribution < 1.29 is 33.8 Å². The molecule has 4 rings (SSSR count). The van der Waals surface area contributed by atoms with Crippen molar-refractivity contribution >= 4 is 23.7 Å². The number of unbranched alkanes of at least 4 members (excludes halogenated alkanes) is 2. The van der Waals surface area contributed by atoms with Gasteiger partial charge in [0.15, 0.2) is 11.5 Å². The lowest BCUT2D eigenvalue weighted by atomic mass is 9.84. The minimum absolute atomic E-state index is 0.0166. The average molecular weight is 573 g/mol. The molecule has 11 nitrogen and oxygen atoms in total. The Labute approximate surface area is 242 Å². The van der Waals surface area contributed by atoms with E-state index in [-0.39, 0.29) is 50.4 Å². The van der Waals surface area contributed by atoms with Gasteiger partial charge in [0.2, 0.25) is 24.5 Å². The van der Waals surface area contributed by atoms with Crippen LogP contribution in [-0.4, -0.2) is 115 Å². The Bertz CT molecular complexity index is 1090. The Kier molecular flexibility index (Phi) is 10.6. The Balaban J connectivity index is 1.55. The number of likely N-dealkylation sites (tertiary alicyclic amines) is 2. The second-order valence-electron chi connectivity index (χ2n) is 11.6. The molecule has 3 aliphatic rings. The molecule has 3 amide bonds. The number of fused-ring (bicyclic) bond motifs is 1. The number of carboxylic acids is 1. The first kappa shape index (κ1) is 30.8. The molecule has 0 aromatic heterocycles. The Morgan fingerprint density at radius 1 is 1.00 bits per heavy atom. The van der Waals surface area contributed by atoms with Crippen LogP contribution in [0.5, 0.6) is 11.5 Å². The Morgan fingerprint density at radius 3 is 2.37 bits per heavy atom. The highest BCUT2D eigenvalue weighted by Gasteiger charge is 2.48. The molecule has 1 N–H and O–H groups in total. The number of rotatable bonds is 15. The van der Waals surface area contributed by atoms with Crippen LogP contribution < -0.4 is 9.47 Å². The summed E-state index contributed by atoms with van der Waals surface area (Å²) in [6.45, 7) is 5.11. The zero-order valence-electron chi connectivity index (χ0n) is 24.5. The molecular formula is C30H44N4O7. The van der Waals surface area contributed by atoms with Gasteiger partial charge in [-0.3, -0.25) is 29.0 Å². The number of hydrogen-bond acceptors (Lipinski definition) is 8. The Morgan fingerprint density at radius 2 is 1.68 bits per heavy atom. The van der Waals surface area contributed by atoms with Crippen molar-refractivity contribution in [2.45, 2.75) is 63.8 Å². The molecule has 2 saturated heterocycles. The summed E-state index contributed by atoms with van der Waals surface area (Å²) in [5.74, 6) is -1.44. The molecule has 226 valence electrons. The number of carboxylic acid groups (broad SMARTS) is 1. The summed E-state index contributed by atoms with van der Waals surface area (Å²) < 4.78 is 11.0. The van der Waals surface area contributed by atoms with Gasteiger partial charge in [-0.1, -0.05) is 19.4 Å². The number of carbonyl (C=O) groups excluding carboxylic acids is 3. The van der Waals surface area contributed by atoms with E-state index in [0.29, 0.717) is 37.6 Å². The summed E-state index contributed by atoms with van der Waals surface area (Å²) >= 11 is 0. The maximum Gasteiger partial charge on any atom is 0.308 e. The van der Waals surface area contributed by atoms with E-state index in [4.69, 9.17) is 9.47 Å². The standard InChI is InChI=1S/C30H44N4O7/c1-4-5-14-32(15-7-6-13-31(2)3)28(37)19-33-18-22(21-8-9-24-25(17-21)41-20-40-24)29(30(38)39)23(33)12-16-34-26(35)10-11-27(34)36/h8-9,17,22-23,29H,4-7,10-16,18-20H2,1-3H3,(H,38,39)/t22-,23+,29-/m1/s1. The first-order chi connectivity index (χ1) is 19.7. The number of ether oxygens (including phenoxy) is 2. The summed E-state index contributed by atoms with van der Waals surface area (Å²) in [4.78, 5) is 58.3. The van der Waals surface area contributed by atoms with Gasteiger partial charge in [0.1, 0.15) is 0 Å². The summed E-state index contributed by atoms with van der Waals surface area (Å²) in [6.07, 6.45) is 4.43. The highest BCUT2D eigenvalue weighted by Crippen LogP contribution is 2.42. The predicted octanol–water partition coefficient (Wildman–Crippen LogP) is 2.39. The number of aliphatic carboxylic acids is 1.